The van der Waals surface area contributed by atoms with Gasteiger partial charge in [0.05, 0.1) is 0 Å². The van der Waals surface area contributed by atoms with Gasteiger partial charge in [0.25, 0.3) is 0 Å². The van der Waals surface area contributed by atoms with E-state index in [1.165, 1.54) is 10.8 Å². The standard InChI is InChI=1S/C41H25N3O/c1-2-13-28(14-3-1)39-42-40(29-22-23-33-32-18-8-9-20-36(32)45-37(33)25-29)44-41(43-39)35-24-21-27-12-5-7-17-31(27)38(35)34-19-10-15-26-11-4-6-16-30(26)34/h1-25H. The third-order valence-corrected chi connectivity index (χ3v) is 8.53. The molecule has 0 amide bonds. The zero-order valence-corrected chi connectivity index (χ0v) is 24.2. The first-order chi connectivity index (χ1) is 22.3. The lowest BCUT2D eigenvalue weighted by Gasteiger charge is -2.16. The summed E-state index contributed by atoms with van der Waals surface area (Å²) in [5, 5.41) is 6.85. The number of para-hydroxylation sites is 1. The van der Waals surface area contributed by atoms with E-state index in [0.717, 1.165) is 60.5 Å². The van der Waals surface area contributed by atoms with Crippen LogP contribution in [0.3, 0.4) is 0 Å². The molecule has 9 aromatic rings. The molecule has 0 fully saturated rings. The van der Waals surface area contributed by atoms with Gasteiger partial charge in [-0.05, 0) is 51.4 Å². The Kier molecular flexibility index (Phi) is 5.78. The highest BCUT2D eigenvalue weighted by Gasteiger charge is 2.19. The average Bonchev–Trinajstić information content (AvgIpc) is 3.49. The normalized spacial score (nSPS) is 11.6. The number of fused-ring (bicyclic) bond motifs is 5. The van der Waals surface area contributed by atoms with Crippen LogP contribution in [0.15, 0.2) is 156 Å². The number of rotatable bonds is 4. The minimum atomic E-state index is 0.596. The molecule has 210 valence electrons. The van der Waals surface area contributed by atoms with Crippen LogP contribution in [0, 0.1) is 0 Å². The minimum absolute atomic E-state index is 0.596. The molecule has 4 heteroatoms. The van der Waals surface area contributed by atoms with Crippen LogP contribution in [-0.4, -0.2) is 15.0 Å². The fourth-order valence-corrected chi connectivity index (χ4v) is 6.40. The van der Waals surface area contributed by atoms with Crippen LogP contribution in [0.1, 0.15) is 0 Å². The molecule has 4 nitrogen and oxygen atoms in total. The van der Waals surface area contributed by atoms with E-state index in [9.17, 15) is 0 Å². The van der Waals surface area contributed by atoms with Crippen LogP contribution in [0.4, 0.5) is 0 Å². The average molecular weight is 576 g/mol. The molecule has 0 aliphatic rings. The van der Waals surface area contributed by atoms with Crippen LogP contribution in [-0.2, 0) is 0 Å². The van der Waals surface area contributed by atoms with Gasteiger partial charge in [0, 0.05) is 33.0 Å². The number of nitrogens with zero attached hydrogens (tertiary/aromatic N) is 3. The van der Waals surface area contributed by atoms with Gasteiger partial charge in [0.2, 0.25) is 0 Å². The van der Waals surface area contributed by atoms with Gasteiger partial charge in [0.1, 0.15) is 11.2 Å². The Morgan fingerprint density at radius 2 is 0.978 bits per heavy atom. The lowest BCUT2D eigenvalue weighted by atomic mass is 9.90. The van der Waals surface area contributed by atoms with Crippen LogP contribution < -0.4 is 0 Å². The van der Waals surface area contributed by atoms with Gasteiger partial charge in [-0.15, -0.1) is 0 Å². The summed E-state index contributed by atoms with van der Waals surface area (Å²) in [7, 11) is 0. The van der Waals surface area contributed by atoms with Crippen molar-refractivity contribution in [3.05, 3.63) is 152 Å². The Labute approximate surface area is 259 Å². The first kappa shape index (κ1) is 25.4. The van der Waals surface area contributed by atoms with Crippen LogP contribution >= 0.6 is 0 Å². The predicted octanol–water partition coefficient (Wildman–Crippen LogP) is 10.7. The Morgan fingerprint density at radius 1 is 0.356 bits per heavy atom. The summed E-state index contributed by atoms with van der Waals surface area (Å²) in [4.78, 5) is 15.3. The third kappa shape index (κ3) is 4.27. The monoisotopic (exact) mass is 575 g/mol. The largest absolute Gasteiger partial charge is 0.456 e. The molecule has 0 unspecified atom stereocenters. The maximum absolute atomic E-state index is 6.24. The first-order valence-corrected chi connectivity index (χ1v) is 15.0. The second-order valence-electron chi connectivity index (χ2n) is 11.2. The van der Waals surface area contributed by atoms with Crippen molar-refractivity contribution in [3.8, 4) is 45.3 Å². The highest BCUT2D eigenvalue weighted by atomic mass is 16.3. The smallest absolute Gasteiger partial charge is 0.164 e. The van der Waals surface area contributed by atoms with Gasteiger partial charge in [-0.3, -0.25) is 0 Å². The summed E-state index contributed by atoms with van der Waals surface area (Å²) in [5.74, 6) is 1.84. The zero-order valence-electron chi connectivity index (χ0n) is 24.2. The summed E-state index contributed by atoms with van der Waals surface area (Å²) in [5.41, 5.74) is 6.67. The van der Waals surface area contributed by atoms with Gasteiger partial charge in [-0.1, -0.05) is 127 Å². The van der Waals surface area contributed by atoms with Crippen LogP contribution in [0.25, 0.3) is 88.8 Å². The van der Waals surface area contributed by atoms with E-state index in [-0.39, 0.29) is 0 Å². The van der Waals surface area contributed by atoms with Gasteiger partial charge >= 0.3 is 0 Å². The first-order valence-electron chi connectivity index (χ1n) is 15.0. The topological polar surface area (TPSA) is 51.8 Å². The van der Waals surface area contributed by atoms with Crippen LogP contribution in [0.5, 0.6) is 0 Å². The van der Waals surface area contributed by atoms with Gasteiger partial charge in [-0.25, -0.2) is 15.0 Å². The maximum Gasteiger partial charge on any atom is 0.164 e. The Morgan fingerprint density at radius 3 is 1.82 bits per heavy atom. The summed E-state index contributed by atoms with van der Waals surface area (Å²) in [6.07, 6.45) is 0. The van der Waals surface area contributed by atoms with Crippen molar-refractivity contribution < 1.29 is 4.42 Å². The molecule has 9 rings (SSSR count). The highest BCUT2D eigenvalue weighted by molar-refractivity contribution is 6.10. The van der Waals surface area contributed by atoms with Crippen LogP contribution in [0.2, 0.25) is 0 Å². The van der Waals surface area contributed by atoms with E-state index >= 15 is 0 Å². The third-order valence-electron chi connectivity index (χ3n) is 8.53. The molecular weight excluding hydrogens is 550 g/mol. The molecule has 0 atom stereocenters. The molecule has 0 aliphatic carbocycles. The van der Waals surface area contributed by atoms with Gasteiger partial charge < -0.3 is 4.42 Å². The number of aromatic nitrogens is 3. The van der Waals surface area contributed by atoms with E-state index in [0.29, 0.717) is 17.5 Å². The molecule has 2 aromatic heterocycles. The molecule has 7 aromatic carbocycles. The van der Waals surface area contributed by atoms with Crippen molar-refractivity contribution in [2.24, 2.45) is 0 Å². The van der Waals surface area contributed by atoms with E-state index < -0.39 is 0 Å². The molecule has 0 bridgehead atoms. The Hall–Kier alpha value is -6.13. The molecule has 0 N–H and O–H groups in total. The van der Waals surface area contributed by atoms with Gasteiger partial charge in [0.15, 0.2) is 17.5 Å². The minimum Gasteiger partial charge on any atom is -0.456 e. The fraction of sp³-hybridized carbons (Fsp3) is 0. The van der Waals surface area contributed by atoms with Crippen molar-refractivity contribution >= 4 is 43.5 Å². The number of hydrogen-bond donors (Lipinski definition) is 0. The Bertz CT molecular complexity index is 2540. The zero-order chi connectivity index (χ0) is 29.7. The van der Waals surface area contributed by atoms with E-state index in [2.05, 4.69) is 97.1 Å². The lowest BCUT2D eigenvalue weighted by Crippen LogP contribution is -2.01. The van der Waals surface area contributed by atoms with Gasteiger partial charge in [-0.2, -0.15) is 0 Å². The molecule has 2 heterocycles. The summed E-state index contributed by atoms with van der Waals surface area (Å²) < 4.78 is 6.24. The van der Waals surface area contributed by atoms with Crippen molar-refractivity contribution in [2.75, 3.05) is 0 Å². The second-order valence-corrected chi connectivity index (χ2v) is 11.2. The molecule has 45 heavy (non-hydrogen) atoms. The fourth-order valence-electron chi connectivity index (χ4n) is 6.40. The summed E-state index contributed by atoms with van der Waals surface area (Å²) in [6, 6.07) is 52.3. The lowest BCUT2D eigenvalue weighted by molar-refractivity contribution is 0.669. The Balaban J connectivity index is 1.33. The molecule has 0 radical (unpaired) electrons. The van der Waals surface area contributed by atoms with E-state index in [4.69, 9.17) is 19.4 Å². The molecule has 0 aliphatic heterocycles. The highest BCUT2D eigenvalue weighted by Crippen LogP contribution is 2.41. The SMILES string of the molecule is c1ccc(-c2nc(-c3ccc4c(c3)oc3ccccc34)nc(-c3ccc4ccccc4c3-c3cccc4ccccc34)n2)cc1. The van der Waals surface area contributed by atoms with Crippen molar-refractivity contribution in [1.29, 1.82) is 0 Å². The van der Waals surface area contributed by atoms with E-state index in [1.54, 1.807) is 0 Å². The molecule has 0 saturated heterocycles. The number of furan rings is 1. The summed E-state index contributed by atoms with van der Waals surface area (Å²) in [6.45, 7) is 0. The van der Waals surface area contributed by atoms with Crippen molar-refractivity contribution in [3.63, 3.8) is 0 Å². The maximum atomic E-state index is 6.24. The number of hydrogen-bond acceptors (Lipinski definition) is 4. The van der Waals surface area contributed by atoms with E-state index in [1.807, 2.05) is 54.6 Å². The number of benzene rings is 7. The molecule has 0 spiro atoms. The van der Waals surface area contributed by atoms with Crippen molar-refractivity contribution in [2.45, 2.75) is 0 Å². The quantitative estimate of drug-likeness (QED) is 0.209. The second kappa shape index (κ2) is 10.2. The summed E-state index contributed by atoms with van der Waals surface area (Å²) >= 11 is 0. The molecule has 0 saturated carbocycles. The van der Waals surface area contributed by atoms with Crippen molar-refractivity contribution in [1.82, 2.24) is 15.0 Å². The predicted molar refractivity (Wildman–Crippen MR) is 184 cm³/mol. The molecular formula is C41H25N3O.